The molecular weight excluding hydrogens is 575 g/mol. The first kappa shape index (κ1) is 29.0. The number of nitrogens with one attached hydrogen (secondary N) is 2. The van der Waals surface area contributed by atoms with Gasteiger partial charge in [-0.05, 0) is 85.7 Å². The number of rotatable bonds is 6. The zero-order chi connectivity index (χ0) is 31.2. The van der Waals surface area contributed by atoms with Crippen LogP contribution in [0.4, 0.5) is 21.6 Å². The quantitative estimate of drug-likeness (QED) is 0.312. The molecule has 11 heteroatoms. The Morgan fingerprint density at radius 2 is 1.89 bits per heavy atom. The van der Waals surface area contributed by atoms with Crippen LogP contribution in [0, 0.1) is 5.82 Å². The number of fused-ring (bicyclic) bond motifs is 4. The van der Waals surface area contributed by atoms with Crippen molar-refractivity contribution in [3.63, 3.8) is 0 Å². The Bertz CT molecular complexity index is 1910. The third-order valence-corrected chi connectivity index (χ3v) is 9.02. The van der Waals surface area contributed by atoms with Crippen molar-refractivity contribution in [2.45, 2.75) is 58.7 Å². The SMILES string of the molecule is CC(=O)OCc1c(-c2cn(C)c(=O)c(Nc3ccc4c(c3)CCNC4)n2)cc(F)cc1N1CCn2c(cc3c2CCCC3)C1=O. The van der Waals surface area contributed by atoms with Crippen LogP contribution in [0.1, 0.15) is 58.2 Å². The van der Waals surface area contributed by atoms with Gasteiger partial charge in [-0.3, -0.25) is 14.4 Å². The van der Waals surface area contributed by atoms with E-state index in [1.54, 1.807) is 11.9 Å². The average Bonchev–Trinajstić information content (AvgIpc) is 3.42. The molecule has 0 radical (unpaired) electrons. The van der Waals surface area contributed by atoms with Crippen LogP contribution < -0.4 is 21.1 Å². The van der Waals surface area contributed by atoms with Gasteiger partial charge in [0.2, 0.25) is 0 Å². The molecular formula is C34H35FN6O4. The van der Waals surface area contributed by atoms with Crippen LogP contribution in [-0.2, 0) is 55.5 Å². The van der Waals surface area contributed by atoms with Gasteiger partial charge < -0.3 is 29.4 Å². The van der Waals surface area contributed by atoms with Gasteiger partial charge in [-0.2, -0.15) is 0 Å². The van der Waals surface area contributed by atoms with E-state index in [1.807, 2.05) is 24.3 Å². The summed E-state index contributed by atoms with van der Waals surface area (Å²) in [7, 11) is 1.60. The average molecular weight is 611 g/mol. The highest BCUT2D eigenvalue weighted by molar-refractivity contribution is 6.07. The maximum absolute atomic E-state index is 15.5. The molecule has 3 aliphatic rings. The Morgan fingerprint density at radius 1 is 1.04 bits per heavy atom. The zero-order valence-corrected chi connectivity index (χ0v) is 25.4. The Morgan fingerprint density at radius 3 is 2.73 bits per heavy atom. The van der Waals surface area contributed by atoms with Crippen molar-refractivity contribution in [2.24, 2.45) is 7.05 Å². The highest BCUT2D eigenvalue weighted by Crippen LogP contribution is 2.36. The van der Waals surface area contributed by atoms with Crippen LogP contribution >= 0.6 is 0 Å². The number of aromatic nitrogens is 3. The summed E-state index contributed by atoms with van der Waals surface area (Å²) in [5.74, 6) is -1.24. The molecule has 0 spiro atoms. The van der Waals surface area contributed by atoms with Gasteiger partial charge in [0.25, 0.3) is 11.5 Å². The molecule has 45 heavy (non-hydrogen) atoms. The van der Waals surface area contributed by atoms with Crippen LogP contribution in [-0.4, -0.2) is 39.1 Å². The normalized spacial score (nSPS) is 15.7. The summed E-state index contributed by atoms with van der Waals surface area (Å²) in [6.07, 6.45) is 6.50. The van der Waals surface area contributed by atoms with Gasteiger partial charge in [-0.15, -0.1) is 0 Å². The van der Waals surface area contributed by atoms with E-state index in [9.17, 15) is 14.4 Å². The van der Waals surface area contributed by atoms with Gasteiger partial charge >= 0.3 is 5.97 Å². The molecule has 1 amide bonds. The topological polar surface area (TPSA) is 110 Å². The van der Waals surface area contributed by atoms with Crippen LogP contribution in [0.5, 0.6) is 0 Å². The summed E-state index contributed by atoms with van der Waals surface area (Å²) < 4.78 is 24.4. The lowest BCUT2D eigenvalue weighted by atomic mass is 9.98. The number of esters is 1. The molecule has 7 rings (SSSR count). The smallest absolute Gasteiger partial charge is 0.302 e. The van der Waals surface area contributed by atoms with Crippen molar-refractivity contribution in [3.8, 4) is 11.3 Å². The molecule has 0 fully saturated rings. The number of aryl methyl sites for hydroxylation is 2. The summed E-state index contributed by atoms with van der Waals surface area (Å²) >= 11 is 0. The first-order valence-corrected chi connectivity index (χ1v) is 15.4. The molecule has 0 unspecified atom stereocenters. The zero-order valence-electron chi connectivity index (χ0n) is 25.4. The van der Waals surface area contributed by atoms with E-state index in [2.05, 4.69) is 20.2 Å². The van der Waals surface area contributed by atoms with Crippen molar-refractivity contribution in [1.82, 2.24) is 19.4 Å². The first-order valence-electron chi connectivity index (χ1n) is 15.4. The Balaban J connectivity index is 1.30. The maximum atomic E-state index is 15.5. The molecule has 0 atom stereocenters. The van der Waals surface area contributed by atoms with E-state index in [-0.39, 0.29) is 23.9 Å². The van der Waals surface area contributed by atoms with E-state index in [0.29, 0.717) is 41.3 Å². The minimum atomic E-state index is -0.576. The second-order valence-electron chi connectivity index (χ2n) is 12.0. The lowest BCUT2D eigenvalue weighted by Gasteiger charge is -2.32. The largest absolute Gasteiger partial charge is 0.461 e. The fourth-order valence-electron chi connectivity index (χ4n) is 6.79. The number of anilines is 3. The third kappa shape index (κ3) is 5.41. The van der Waals surface area contributed by atoms with E-state index < -0.39 is 11.8 Å². The van der Waals surface area contributed by atoms with Crippen molar-refractivity contribution in [3.05, 3.63) is 92.4 Å². The number of carbonyl (C=O) groups is 2. The molecule has 2 aromatic heterocycles. The lowest BCUT2D eigenvalue weighted by Crippen LogP contribution is -2.41. The molecule has 10 nitrogen and oxygen atoms in total. The Labute approximate surface area is 259 Å². The molecule has 4 aromatic rings. The van der Waals surface area contributed by atoms with Crippen LogP contribution in [0.15, 0.2) is 47.4 Å². The fourth-order valence-corrected chi connectivity index (χ4v) is 6.79. The minimum absolute atomic E-state index is 0.0746. The van der Waals surface area contributed by atoms with Gasteiger partial charge in [0.15, 0.2) is 5.82 Å². The van der Waals surface area contributed by atoms with Gasteiger partial charge in [0.05, 0.1) is 11.4 Å². The third-order valence-electron chi connectivity index (χ3n) is 9.02. The highest BCUT2D eigenvalue weighted by atomic mass is 19.1. The molecule has 2 aromatic carbocycles. The van der Waals surface area contributed by atoms with Crippen LogP contribution in [0.25, 0.3) is 11.3 Å². The van der Waals surface area contributed by atoms with Gasteiger partial charge in [-0.1, -0.05) is 6.07 Å². The predicted molar refractivity (Wildman–Crippen MR) is 168 cm³/mol. The maximum Gasteiger partial charge on any atom is 0.302 e. The van der Waals surface area contributed by atoms with Crippen molar-refractivity contribution < 1.29 is 18.7 Å². The first-order chi connectivity index (χ1) is 21.8. The lowest BCUT2D eigenvalue weighted by molar-refractivity contribution is -0.142. The number of ether oxygens (including phenoxy) is 1. The molecule has 0 saturated heterocycles. The van der Waals surface area contributed by atoms with Crippen LogP contribution in [0.2, 0.25) is 0 Å². The number of halogens is 1. The van der Waals surface area contributed by atoms with Gasteiger partial charge in [-0.25, -0.2) is 9.37 Å². The minimum Gasteiger partial charge on any atom is -0.461 e. The number of hydrogen-bond acceptors (Lipinski definition) is 7. The van der Waals surface area contributed by atoms with E-state index in [0.717, 1.165) is 50.9 Å². The van der Waals surface area contributed by atoms with E-state index >= 15 is 4.39 Å². The molecule has 4 heterocycles. The monoisotopic (exact) mass is 610 g/mol. The number of nitrogens with zero attached hydrogens (tertiary/aromatic N) is 4. The second kappa shape index (κ2) is 11.6. The fraction of sp³-hybridized carbons (Fsp3) is 0.353. The summed E-state index contributed by atoms with van der Waals surface area (Å²) in [6.45, 7) is 3.70. The molecule has 2 N–H and O–H groups in total. The summed E-state index contributed by atoms with van der Waals surface area (Å²) in [6, 6.07) is 10.5. The standard InChI is InChI=1S/C34H35FN6O4/c1-20(42)45-19-27-26(28-18-39(2)34(44)32(38-28)37-25-8-7-23-17-36-10-9-21(23)13-25)15-24(35)16-30(27)41-12-11-40-29-6-4-3-5-22(29)14-31(40)33(41)43/h7-8,13-16,18,36H,3-6,9-12,17,19H2,1-2H3,(H,37,38). The molecule has 0 saturated carbocycles. The molecule has 1 aliphatic carbocycles. The summed E-state index contributed by atoms with van der Waals surface area (Å²) in [4.78, 5) is 45.3. The van der Waals surface area contributed by atoms with Crippen molar-refractivity contribution in [2.75, 3.05) is 23.3 Å². The van der Waals surface area contributed by atoms with Crippen molar-refractivity contribution >= 4 is 29.1 Å². The summed E-state index contributed by atoms with van der Waals surface area (Å²) in [5, 5.41) is 6.52. The van der Waals surface area contributed by atoms with E-state index in [4.69, 9.17) is 4.74 Å². The van der Waals surface area contributed by atoms with Gasteiger partial charge in [0.1, 0.15) is 18.1 Å². The number of amides is 1. The number of benzene rings is 2. The highest BCUT2D eigenvalue weighted by Gasteiger charge is 2.32. The van der Waals surface area contributed by atoms with E-state index in [1.165, 1.54) is 52.2 Å². The second-order valence-corrected chi connectivity index (χ2v) is 12.0. The number of hydrogen-bond donors (Lipinski definition) is 2. The molecule has 2 aliphatic heterocycles. The molecule has 0 bridgehead atoms. The van der Waals surface area contributed by atoms with Gasteiger partial charge in [0, 0.05) is 62.3 Å². The van der Waals surface area contributed by atoms with Crippen LogP contribution in [0.3, 0.4) is 0 Å². The molecule has 232 valence electrons. The Kier molecular flexibility index (Phi) is 7.48. The number of carbonyl (C=O) groups excluding carboxylic acids is 2. The summed E-state index contributed by atoms with van der Waals surface area (Å²) in [5.41, 5.74) is 7.16. The Hall–Kier alpha value is -4.77. The predicted octanol–water partition coefficient (Wildman–Crippen LogP) is 4.38. The van der Waals surface area contributed by atoms with Crippen molar-refractivity contribution in [1.29, 1.82) is 0 Å².